The van der Waals surface area contributed by atoms with Gasteiger partial charge in [-0.15, -0.1) is 0 Å². The summed E-state index contributed by atoms with van der Waals surface area (Å²) >= 11 is 16.5. The zero-order valence-electron chi connectivity index (χ0n) is 9.65. The van der Waals surface area contributed by atoms with Crippen LogP contribution in [0.1, 0.15) is 5.82 Å². The first kappa shape index (κ1) is 14.1. The van der Waals surface area contributed by atoms with Crippen LogP contribution in [0, 0.1) is 6.92 Å². The molecule has 8 heteroatoms. The summed E-state index contributed by atoms with van der Waals surface area (Å²) in [6, 6.07) is 6.84. The van der Waals surface area contributed by atoms with Crippen molar-refractivity contribution in [3.05, 3.63) is 30.1 Å². The summed E-state index contributed by atoms with van der Waals surface area (Å²) in [5.74, 6) is -0.00332. The van der Waals surface area contributed by atoms with Crippen LogP contribution in [0.15, 0.2) is 28.8 Å². The fraction of sp³-hybridized carbons (Fsp3) is 0.182. The van der Waals surface area contributed by atoms with E-state index < -0.39 is 9.70 Å². The second-order valence-corrected chi connectivity index (χ2v) is 5.93. The zero-order valence-corrected chi connectivity index (χ0v) is 11.9. The molecular formula is C11H8Cl3N3O2. The van der Waals surface area contributed by atoms with Gasteiger partial charge in [0.05, 0.1) is 11.3 Å². The van der Waals surface area contributed by atoms with Crippen molar-refractivity contribution in [3.63, 3.8) is 0 Å². The van der Waals surface area contributed by atoms with Gasteiger partial charge in [0.2, 0.25) is 0 Å². The standard InChI is InChI=1S/C11H8Cl3N3O2/c1-6-15-9(19-17-6)7-4-2-3-5-8(7)16-10(18)11(12,13)14/h2-5H,1H3,(H,16,18). The van der Waals surface area contributed by atoms with Crippen LogP contribution in [0.5, 0.6) is 0 Å². The lowest BCUT2D eigenvalue weighted by atomic mass is 10.1. The van der Waals surface area contributed by atoms with Gasteiger partial charge >= 0.3 is 0 Å². The third-order valence-electron chi connectivity index (χ3n) is 2.19. The van der Waals surface area contributed by atoms with Crippen LogP contribution in [0.25, 0.3) is 11.5 Å². The Bertz CT molecular complexity index is 607. The predicted octanol–water partition coefficient (Wildman–Crippen LogP) is 3.35. The van der Waals surface area contributed by atoms with Crippen molar-refractivity contribution in [2.45, 2.75) is 10.7 Å². The molecule has 0 spiro atoms. The van der Waals surface area contributed by atoms with E-state index in [1.165, 1.54) is 0 Å². The van der Waals surface area contributed by atoms with Gasteiger partial charge in [-0.1, -0.05) is 52.1 Å². The molecule has 0 aliphatic carbocycles. The number of benzene rings is 1. The lowest BCUT2D eigenvalue weighted by Crippen LogP contribution is -2.27. The number of hydrogen-bond donors (Lipinski definition) is 1. The molecule has 0 atom stereocenters. The van der Waals surface area contributed by atoms with Gasteiger partial charge in [-0.25, -0.2) is 0 Å². The Balaban J connectivity index is 2.35. The highest BCUT2D eigenvalue weighted by Gasteiger charge is 2.31. The normalized spacial score (nSPS) is 11.4. The minimum Gasteiger partial charge on any atom is -0.334 e. The van der Waals surface area contributed by atoms with Crippen molar-refractivity contribution in [2.75, 3.05) is 5.32 Å². The van der Waals surface area contributed by atoms with Crippen LogP contribution in [0.4, 0.5) is 5.69 Å². The smallest absolute Gasteiger partial charge is 0.276 e. The molecule has 2 rings (SSSR count). The predicted molar refractivity (Wildman–Crippen MR) is 73.4 cm³/mol. The van der Waals surface area contributed by atoms with Crippen molar-refractivity contribution >= 4 is 46.4 Å². The van der Waals surface area contributed by atoms with E-state index in [1.807, 2.05) is 0 Å². The number of halogens is 3. The fourth-order valence-corrected chi connectivity index (χ4v) is 1.52. The number of amides is 1. The van der Waals surface area contributed by atoms with Gasteiger partial charge < -0.3 is 9.84 Å². The number of carbonyl (C=O) groups is 1. The number of aryl methyl sites for hydroxylation is 1. The molecule has 1 aromatic heterocycles. The quantitative estimate of drug-likeness (QED) is 0.862. The molecule has 0 fully saturated rings. The number of nitrogens with one attached hydrogen (secondary N) is 1. The Kier molecular flexibility index (Phi) is 3.99. The number of anilines is 1. The highest BCUT2D eigenvalue weighted by molar-refractivity contribution is 6.76. The molecule has 19 heavy (non-hydrogen) atoms. The van der Waals surface area contributed by atoms with Gasteiger partial charge in [-0.05, 0) is 19.1 Å². The van der Waals surface area contributed by atoms with E-state index in [0.29, 0.717) is 17.1 Å². The molecule has 0 saturated carbocycles. The monoisotopic (exact) mass is 319 g/mol. The van der Waals surface area contributed by atoms with Gasteiger partial charge in [0, 0.05) is 0 Å². The molecule has 5 nitrogen and oxygen atoms in total. The van der Waals surface area contributed by atoms with Gasteiger partial charge in [0.1, 0.15) is 0 Å². The van der Waals surface area contributed by atoms with E-state index in [-0.39, 0.29) is 5.89 Å². The largest absolute Gasteiger partial charge is 0.334 e. The van der Waals surface area contributed by atoms with Gasteiger partial charge in [0.15, 0.2) is 5.82 Å². The summed E-state index contributed by atoms with van der Waals surface area (Å²) in [6.07, 6.45) is 0. The molecule has 0 bridgehead atoms. The number of nitrogens with zero attached hydrogens (tertiary/aromatic N) is 2. The van der Waals surface area contributed by atoms with Crippen molar-refractivity contribution in [3.8, 4) is 11.5 Å². The van der Waals surface area contributed by atoms with Crippen molar-refractivity contribution in [1.82, 2.24) is 10.1 Å². The summed E-state index contributed by atoms with van der Waals surface area (Å²) in [6.45, 7) is 1.69. The first-order chi connectivity index (χ1) is 8.88. The third kappa shape index (κ3) is 3.37. The summed E-state index contributed by atoms with van der Waals surface area (Å²) in [4.78, 5) is 15.7. The van der Waals surface area contributed by atoms with Crippen molar-refractivity contribution in [1.29, 1.82) is 0 Å². The maximum atomic E-state index is 11.6. The molecule has 100 valence electrons. The second kappa shape index (κ2) is 5.36. The number of para-hydroxylation sites is 1. The van der Waals surface area contributed by atoms with Crippen LogP contribution >= 0.6 is 34.8 Å². The average molecular weight is 321 g/mol. The summed E-state index contributed by atoms with van der Waals surface area (Å²) in [5, 5.41) is 6.18. The van der Waals surface area contributed by atoms with Crippen molar-refractivity contribution < 1.29 is 9.32 Å². The molecular weight excluding hydrogens is 312 g/mol. The zero-order chi connectivity index (χ0) is 14.0. The third-order valence-corrected chi connectivity index (χ3v) is 2.71. The van der Waals surface area contributed by atoms with E-state index in [9.17, 15) is 4.79 Å². The Labute approximate surface area is 123 Å². The molecule has 0 aliphatic rings. The van der Waals surface area contributed by atoms with Crippen LogP contribution < -0.4 is 5.32 Å². The number of hydrogen-bond acceptors (Lipinski definition) is 4. The molecule has 1 N–H and O–H groups in total. The van der Waals surface area contributed by atoms with Gasteiger partial charge in [0.25, 0.3) is 15.6 Å². The molecule has 2 aromatic rings. The molecule has 1 heterocycles. The van der Waals surface area contributed by atoms with E-state index in [1.54, 1.807) is 31.2 Å². The maximum Gasteiger partial charge on any atom is 0.276 e. The Morgan fingerprint density at radius 3 is 2.58 bits per heavy atom. The van der Waals surface area contributed by atoms with E-state index in [2.05, 4.69) is 15.5 Å². The van der Waals surface area contributed by atoms with E-state index in [0.717, 1.165) is 0 Å². The number of alkyl halides is 3. The van der Waals surface area contributed by atoms with Crippen LogP contribution in [0.3, 0.4) is 0 Å². The van der Waals surface area contributed by atoms with Crippen LogP contribution in [-0.4, -0.2) is 19.8 Å². The van der Waals surface area contributed by atoms with Crippen LogP contribution in [-0.2, 0) is 4.79 Å². The minimum atomic E-state index is -2.04. The summed E-state index contributed by atoms with van der Waals surface area (Å²) < 4.78 is 3.00. The van der Waals surface area contributed by atoms with Crippen LogP contribution in [0.2, 0.25) is 0 Å². The molecule has 0 unspecified atom stereocenters. The molecule has 1 amide bonds. The maximum absolute atomic E-state index is 11.6. The van der Waals surface area contributed by atoms with Gasteiger partial charge in [-0.2, -0.15) is 4.98 Å². The number of aromatic nitrogens is 2. The van der Waals surface area contributed by atoms with E-state index in [4.69, 9.17) is 39.3 Å². The fourth-order valence-electron chi connectivity index (χ4n) is 1.38. The molecule has 0 saturated heterocycles. The van der Waals surface area contributed by atoms with E-state index >= 15 is 0 Å². The second-order valence-electron chi connectivity index (χ2n) is 3.64. The lowest BCUT2D eigenvalue weighted by Gasteiger charge is -2.13. The minimum absolute atomic E-state index is 0.276. The molecule has 0 radical (unpaired) electrons. The molecule has 1 aromatic carbocycles. The topological polar surface area (TPSA) is 68.0 Å². The number of rotatable bonds is 2. The SMILES string of the molecule is Cc1noc(-c2ccccc2NC(=O)C(Cl)(Cl)Cl)n1. The Morgan fingerprint density at radius 1 is 1.32 bits per heavy atom. The summed E-state index contributed by atoms with van der Waals surface area (Å²) in [7, 11) is 0. The highest BCUT2D eigenvalue weighted by atomic mass is 35.6. The lowest BCUT2D eigenvalue weighted by molar-refractivity contribution is -0.115. The van der Waals surface area contributed by atoms with Gasteiger partial charge in [-0.3, -0.25) is 4.79 Å². The first-order valence-electron chi connectivity index (χ1n) is 5.16. The first-order valence-corrected chi connectivity index (χ1v) is 6.29. The average Bonchev–Trinajstić information content (AvgIpc) is 2.75. The molecule has 0 aliphatic heterocycles. The highest BCUT2D eigenvalue weighted by Crippen LogP contribution is 2.31. The Morgan fingerprint density at radius 2 is 2.00 bits per heavy atom. The van der Waals surface area contributed by atoms with Crippen molar-refractivity contribution in [2.24, 2.45) is 0 Å². The number of carbonyl (C=O) groups excluding carboxylic acids is 1. The summed E-state index contributed by atoms with van der Waals surface area (Å²) in [5.41, 5.74) is 0.966. The Hall–Kier alpha value is -1.30.